The molecule has 7 nitrogen and oxygen atoms in total. The molecule has 0 saturated carbocycles. The second-order valence-electron chi connectivity index (χ2n) is 9.84. The number of aromatic nitrogens is 2. The second kappa shape index (κ2) is 8.11. The number of hydrogen-bond donors (Lipinski definition) is 3. The molecule has 1 spiro atoms. The zero-order valence-corrected chi connectivity index (χ0v) is 18.9. The molecule has 1 fully saturated rings. The Morgan fingerprint density at radius 3 is 2.48 bits per heavy atom. The molecule has 0 bridgehead atoms. The molecular weight excluding hydrogens is 390 g/mol. The van der Waals surface area contributed by atoms with Crippen molar-refractivity contribution in [2.45, 2.75) is 64.0 Å². The molecule has 2 aliphatic rings. The van der Waals surface area contributed by atoms with Crippen LogP contribution < -0.4 is 10.6 Å². The molecule has 2 aliphatic heterocycles. The lowest BCUT2D eigenvalue weighted by molar-refractivity contribution is -0.134. The summed E-state index contributed by atoms with van der Waals surface area (Å²) in [6.07, 6.45) is 4.37. The van der Waals surface area contributed by atoms with Crippen molar-refractivity contribution in [3.05, 3.63) is 53.1 Å². The molecule has 3 heterocycles. The van der Waals surface area contributed by atoms with Crippen molar-refractivity contribution in [1.82, 2.24) is 25.5 Å². The summed E-state index contributed by atoms with van der Waals surface area (Å²) in [6.45, 7) is 10.4. The third-order valence-electron chi connectivity index (χ3n) is 6.67. The number of benzene rings is 1. The van der Waals surface area contributed by atoms with Crippen LogP contribution in [0.3, 0.4) is 0 Å². The van der Waals surface area contributed by atoms with Gasteiger partial charge in [0.2, 0.25) is 5.91 Å². The standard InChI is InChI=1S/C24H33N5O2/c1-16(28-21(30)17-5-7-18(8-6-17)23(2,3)4)22(31)29-13-10-24(11-14-29)20-19(9-12-27-24)25-15-26-20/h5-8,15-16,27H,9-14H2,1-4H3,(H,25,26)(H,28,30)/t16-/m0/s1. The predicted octanol–water partition coefficient (Wildman–Crippen LogP) is 2.49. The van der Waals surface area contributed by atoms with Gasteiger partial charge in [-0.2, -0.15) is 0 Å². The molecule has 1 atom stereocenters. The van der Waals surface area contributed by atoms with E-state index in [4.69, 9.17) is 0 Å². The zero-order chi connectivity index (χ0) is 22.2. The number of hydrogen-bond acceptors (Lipinski definition) is 4. The molecule has 7 heteroatoms. The highest BCUT2D eigenvalue weighted by Crippen LogP contribution is 2.35. The summed E-state index contributed by atoms with van der Waals surface area (Å²) in [5.41, 5.74) is 3.94. The first-order valence-electron chi connectivity index (χ1n) is 11.2. The monoisotopic (exact) mass is 423 g/mol. The van der Waals surface area contributed by atoms with Crippen molar-refractivity contribution in [1.29, 1.82) is 0 Å². The van der Waals surface area contributed by atoms with Gasteiger partial charge in [0.1, 0.15) is 6.04 Å². The Bertz CT molecular complexity index is 949. The molecule has 0 unspecified atom stereocenters. The lowest BCUT2D eigenvalue weighted by atomic mass is 9.80. The van der Waals surface area contributed by atoms with Gasteiger partial charge in [-0.15, -0.1) is 0 Å². The fraction of sp³-hybridized carbons (Fsp3) is 0.542. The summed E-state index contributed by atoms with van der Waals surface area (Å²) in [7, 11) is 0. The number of imidazole rings is 1. The second-order valence-corrected chi connectivity index (χ2v) is 9.84. The molecule has 1 aromatic heterocycles. The number of piperidine rings is 1. The largest absolute Gasteiger partial charge is 0.348 e. The normalized spacial score (nSPS) is 19.0. The van der Waals surface area contributed by atoms with Crippen molar-refractivity contribution in [2.75, 3.05) is 19.6 Å². The maximum atomic E-state index is 13.0. The zero-order valence-electron chi connectivity index (χ0n) is 18.9. The van der Waals surface area contributed by atoms with Gasteiger partial charge in [0, 0.05) is 37.3 Å². The number of aromatic amines is 1. The number of likely N-dealkylation sites (tertiary alicyclic amines) is 1. The van der Waals surface area contributed by atoms with Crippen LogP contribution in [-0.2, 0) is 22.2 Å². The maximum absolute atomic E-state index is 13.0. The Morgan fingerprint density at radius 2 is 1.84 bits per heavy atom. The van der Waals surface area contributed by atoms with E-state index in [0.717, 1.165) is 31.5 Å². The van der Waals surface area contributed by atoms with Crippen LogP contribution in [0.2, 0.25) is 0 Å². The van der Waals surface area contributed by atoms with Crippen LogP contribution in [0.4, 0.5) is 0 Å². The van der Waals surface area contributed by atoms with Crippen molar-refractivity contribution < 1.29 is 9.59 Å². The molecule has 2 aromatic rings. The predicted molar refractivity (Wildman–Crippen MR) is 120 cm³/mol. The van der Waals surface area contributed by atoms with Gasteiger partial charge in [-0.05, 0) is 42.9 Å². The summed E-state index contributed by atoms with van der Waals surface area (Å²) in [6, 6.07) is 7.05. The molecular formula is C24H33N5O2. The first-order chi connectivity index (χ1) is 14.7. The number of nitrogens with one attached hydrogen (secondary N) is 3. The fourth-order valence-electron chi connectivity index (χ4n) is 4.69. The summed E-state index contributed by atoms with van der Waals surface area (Å²) in [5, 5.41) is 6.51. The Hall–Kier alpha value is -2.67. The highest BCUT2D eigenvalue weighted by molar-refractivity contribution is 5.97. The Labute approximate surface area is 184 Å². The first-order valence-corrected chi connectivity index (χ1v) is 11.2. The Morgan fingerprint density at radius 1 is 1.16 bits per heavy atom. The summed E-state index contributed by atoms with van der Waals surface area (Å²) in [5.74, 6) is -0.252. The van der Waals surface area contributed by atoms with E-state index < -0.39 is 6.04 Å². The number of H-pyrrole nitrogens is 1. The van der Waals surface area contributed by atoms with Gasteiger partial charge in [-0.3, -0.25) is 9.59 Å². The average molecular weight is 424 g/mol. The number of rotatable bonds is 3. The molecule has 1 saturated heterocycles. The lowest BCUT2D eigenvalue weighted by Crippen LogP contribution is -2.57. The quantitative estimate of drug-likeness (QED) is 0.708. The summed E-state index contributed by atoms with van der Waals surface area (Å²) in [4.78, 5) is 35.3. The van der Waals surface area contributed by atoms with E-state index in [9.17, 15) is 9.59 Å². The van der Waals surface area contributed by atoms with Gasteiger partial charge >= 0.3 is 0 Å². The number of carbonyl (C=O) groups excluding carboxylic acids is 2. The molecule has 0 aliphatic carbocycles. The highest BCUT2D eigenvalue weighted by Gasteiger charge is 2.42. The van der Waals surface area contributed by atoms with E-state index in [0.29, 0.717) is 18.7 Å². The van der Waals surface area contributed by atoms with E-state index in [1.165, 1.54) is 11.3 Å². The molecule has 1 aromatic carbocycles. The van der Waals surface area contributed by atoms with E-state index in [2.05, 4.69) is 41.4 Å². The lowest BCUT2D eigenvalue weighted by Gasteiger charge is -2.44. The molecule has 4 rings (SSSR count). The number of fused-ring (bicyclic) bond motifs is 2. The van der Waals surface area contributed by atoms with Crippen molar-refractivity contribution in [3.8, 4) is 0 Å². The van der Waals surface area contributed by atoms with Crippen LogP contribution in [0, 0.1) is 0 Å². The number of carbonyl (C=O) groups is 2. The average Bonchev–Trinajstić information content (AvgIpc) is 3.24. The van der Waals surface area contributed by atoms with E-state index in [-0.39, 0.29) is 22.8 Å². The Balaban J connectivity index is 1.35. The van der Waals surface area contributed by atoms with E-state index in [1.807, 2.05) is 29.2 Å². The van der Waals surface area contributed by atoms with E-state index in [1.54, 1.807) is 13.3 Å². The van der Waals surface area contributed by atoms with Crippen LogP contribution >= 0.6 is 0 Å². The third kappa shape index (κ3) is 4.24. The van der Waals surface area contributed by atoms with Crippen LogP contribution in [0.25, 0.3) is 0 Å². The van der Waals surface area contributed by atoms with Crippen LogP contribution in [0.1, 0.15) is 67.8 Å². The topological polar surface area (TPSA) is 90.1 Å². The fourth-order valence-corrected chi connectivity index (χ4v) is 4.69. The minimum absolute atomic E-state index is 0.0347. The molecule has 0 radical (unpaired) electrons. The van der Waals surface area contributed by atoms with Crippen LogP contribution in [0.15, 0.2) is 30.6 Å². The van der Waals surface area contributed by atoms with Gasteiger partial charge in [-0.1, -0.05) is 32.9 Å². The maximum Gasteiger partial charge on any atom is 0.251 e. The van der Waals surface area contributed by atoms with Gasteiger partial charge < -0.3 is 20.5 Å². The third-order valence-corrected chi connectivity index (χ3v) is 6.67. The minimum Gasteiger partial charge on any atom is -0.348 e. The SMILES string of the molecule is C[C@H](NC(=O)c1ccc(C(C)(C)C)cc1)C(=O)N1CCC2(CC1)NCCc1[nH]cnc12. The van der Waals surface area contributed by atoms with Gasteiger partial charge in [0.15, 0.2) is 0 Å². The van der Waals surface area contributed by atoms with Crippen LogP contribution in [-0.4, -0.2) is 52.4 Å². The highest BCUT2D eigenvalue weighted by atomic mass is 16.2. The molecule has 2 amide bonds. The minimum atomic E-state index is -0.566. The molecule has 3 N–H and O–H groups in total. The number of nitrogens with zero attached hydrogens (tertiary/aromatic N) is 2. The summed E-state index contributed by atoms with van der Waals surface area (Å²) >= 11 is 0. The molecule has 166 valence electrons. The van der Waals surface area contributed by atoms with Gasteiger partial charge in [0.25, 0.3) is 5.91 Å². The van der Waals surface area contributed by atoms with Crippen molar-refractivity contribution in [3.63, 3.8) is 0 Å². The van der Waals surface area contributed by atoms with Crippen molar-refractivity contribution >= 4 is 11.8 Å². The summed E-state index contributed by atoms with van der Waals surface area (Å²) < 4.78 is 0. The number of amides is 2. The first kappa shape index (κ1) is 21.6. The van der Waals surface area contributed by atoms with Crippen LogP contribution in [0.5, 0.6) is 0 Å². The molecule has 31 heavy (non-hydrogen) atoms. The van der Waals surface area contributed by atoms with Gasteiger partial charge in [-0.25, -0.2) is 4.98 Å². The smallest absolute Gasteiger partial charge is 0.251 e. The van der Waals surface area contributed by atoms with Crippen molar-refractivity contribution in [2.24, 2.45) is 0 Å². The Kier molecular flexibility index (Phi) is 5.64. The van der Waals surface area contributed by atoms with Gasteiger partial charge in [0.05, 0.1) is 17.6 Å². The van der Waals surface area contributed by atoms with E-state index >= 15 is 0 Å².